The van der Waals surface area contributed by atoms with E-state index in [9.17, 15) is 4.79 Å². The molecule has 2 rings (SSSR count). The molecule has 23 heavy (non-hydrogen) atoms. The van der Waals surface area contributed by atoms with Crippen molar-refractivity contribution in [2.45, 2.75) is 58.1 Å². The molecule has 1 aromatic heterocycles. The summed E-state index contributed by atoms with van der Waals surface area (Å²) in [5.74, 6) is 0.449. The summed E-state index contributed by atoms with van der Waals surface area (Å²) in [5, 5.41) is 0.163. The zero-order chi connectivity index (χ0) is 16.9. The highest BCUT2D eigenvalue weighted by Crippen LogP contribution is 2.22. The van der Waals surface area contributed by atoms with Crippen molar-refractivity contribution >= 4 is 17.7 Å². The van der Waals surface area contributed by atoms with E-state index in [-0.39, 0.29) is 17.4 Å². The number of hydrogen-bond acceptors (Lipinski definition) is 5. The van der Waals surface area contributed by atoms with E-state index >= 15 is 0 Å². The number of nitrogens with zero attached hydrogens (tertiary/aromatic N) is 3. The normalized spacial score (nSPS) is 18.6. The largest absolute Gasteiger partial charge is 0.477 e. The third kappa shape index (κ3) is 5.86. The summed E-state index contributed by atoms with van der Waals surface area (Å²) in [5.41, 5.74) is -0.479. The second-order valence-corrected chi connectivity index (χ2v) is 6.96. The molecule has 1 amide bonds. The maximum absolute atomic E-state index is 12.3. The van der Waals surface area contributed by atoms with Gasteiger partial charge in [-0.25, -0.2) is 9.78 Å². The summed E-state index contributed by atoms with van der Waals surface area (Å²) in [4.78, 5) is 21.9. The Morgan fingerprint density at radius 2 is 2.22 bits per heavy atom. The van der Waals surface area contributed by atoms with E-state index in [0.717, 1.165) is 32.2 Å². The van der Waals surface area contributed by atoms with E-state index in [0.29, 0.717) is 12.5 Å². The van der Waals surface area contributed by atoms with Gasteiger partial charge >= 0.3 is 6.09 Å². The van der Waals surface area contributed by atoms with Gasteiger partial charge < -0.3 is 14.4 Å². The molecule has 1 atom stereocenters. The van der Waals surface area contributed by atoms with Crippen molar-refractivity contribution in [3.05, 3.63) is 17.5 Å². The summed E-state index contributed by atoms with van der Waals surface area (Å²) in [6.45, 7) is 6.85. The van der Waals surface area contributed by atoms with Crippen molar-refractivity contribution in [3.63, 3.8) is 0 Å². The average molecular weight is 342 g/mol. The number of carbonyl (C=O) groups excluding carboxylic acids is 1. The van der Waals surface area contributed by atoms with Gasteiger partial charge in [0.1, 0.15) is 5.60 Å². The van der Waals surface area contributed by atoms with Gasteiger partial charge in [-0.3, -0.25) is 0 Å². The molecule has 0 radical (unpaired) electrons. The molecular weight excluding hydrogens is 318 g/mol. The third-order valence-corrected chi connectivity index (χ3v) is 3.74. The maximum Gasteiger partial charge on any atom is 0.410 e. The van der Waals surface area contributed by atoms with Crippen molar-refractivity contribution in [1.82, 2.24) is 14.9 Å². The zero-order valence-corrected chi connectivity index (χ0v) is 14.7. The Morgan fingerprint density at radius 3 is 2.91 bits per heavy atom. The smallest absolute Gasteiger partial charge is 0.410 e. The molecule has 2 heterocycles. The lowest BCUT2D eigenvalue weighted by Gasteiger charge is -2.36. The van der Waals surface area contributed by atoms with Crippen LogP contribution in [0.1, 0.15) is 46.5 Å². The van der Waals surface area contributed by atoms with Crippen LogP contribution in [-0.2, 0) is 4.74 Å². The van der Waals surface area contributed by atoms with Crippen LogP contribution in [0.15, 0.2) is 12.3 Å². The predicted molar refractivity (Wildman–Crippen MR) is 87.7 cm³/mol. The molecule has 0 aromatic carbocycles. The van der Waals surface area contributed by atoms with Gasteiger partial charge in [-0.1, -0.05) is 0 Å². The highest BCUT2D eigenvalue weighted by molar-refractivity contribution is 6.28. The first kappa shape index (κ1) is 17.8. The van der Waals surface area contributed by atoms with Crippen LogP contribution in [0.25, 0.3) is 0 Å². The van der Waals surface area contributed by atoms with Crippen LogP contribution in [0, 0.1) is 0 Å². The molecule has 6 nitrogen and oxygen atoms in total. The van der Waals surface area contributed by atoms with Crippen LogP contribution in [0.2, 0.25) is 5.28 Å². The summed E-state index contributed by atoms with van der Waals surface area (Å²) in [7, 11) is 0. The Balaban J connectivity index is 1.87. The highest BCUT2D eigenvalue weighted by Gasteiger charge is 2.30. The fourth-order valence-corrected chi connectivity index (χ4v) is 2.70. The molecule has 0 bridgehead atoms. The lowest BCUT2D eigenvalue weighted by molar-refractivity contribution is 0.00738. The Hall–Kier alpha value is -1.56. The second kappa shape index (κ2) is 7.81. The monoisotopic (exact) mass is 341 g/mol. The zero-order valence-electron chi connectivity index (χ0n) is 13.9. The molecule has 1 aromatic rings. The van der Waals surface area contributed by atoms with E-state index in [1.807, 2.05) is 25.7 Å². The number of amides is 1. The van der Waals surface area contributed by atoms with Crippen LogP contribution in [0.4, 0.5) is 4.79 Å². The second-order valence-electron chi connectivity index (χ2n) is 6.62. The van der Waals surface area contributed by atoms with Gasteiger partial charge in [-0.2, -0.15) is 4.98 Å². The number of likely N-dealkylation sites (tertiary alicyclic amines) is 1. The molecule has 1 fully saturated rings. The highest BCUT2D eigenvalue weighted by atomic mass is 35.5. The van der Waals surface area contributed by atoms with Crippen molar-refractivity contribution in [2.24, 2.45) is 0 Å². The number of hydrogen-bond donors (Lipinski definition) is 0. The fourth-order valence-electron chi connectivity index (χ4n) is 2.56. The molecule has 0 N–H and O–H groups in total. The summed E-state index contributed by atoms with van der Waals surface area (Å²) in [6, 6.07) is 1.80. The molecule has 1 aliphatic heterocycles. The molecule has 1 saturated heterocycles. The number of ether oxygens (including phenoxy) is 2. The molecule has 0 aliphatic carbocycles. The number of piperidine rings is 1. The number of rotatable bonds is 4. The molecular formula is C16H24ClN3O3. The Bertz CT molecular complexity index is 534. The predicted octanol–water partition coefficient (Wildman–Crippen LogP) is 3.69. The lowest BCUT2D eigenvalue weighted by Crippen LogP contribution is -2.46. The quantitative estimate of drug-likeness (QED) is 0.781. The first-order valence-electron chi connectivity index (χ1n) is 7.96. The van der Waals surface area contributed by atoms with Crippen molar-refractivity contribution < 1.29 is 14.3 Å². The number of halogens is 1. The average Bonchev–Trinajstić information content (AvgIpc) is 2.46. The van der Waals surface area contributed by atoms with Gasteiger partial charge in [-0.05, 0) is 51.6 Å². The van der Waals surface area contributed by atoms with Gasteiger partial charge in [0.25, 0.3) is 0 Å². The number of carbonyl (C=O) groups is 1. The van der Waals surface area contributed by atoms with Crippen molar-refractivity contribution in [3.8, 4) is 5.88 Å². The van der Waals surface area contributed by atoms with E-state index in [2.05, 4.69) is 9.97 Å². The first-order valence-corrected chi connectivity index (χ1v) is 8.34. The fraction of sp³-hybridized carbons (Fsp3) is 0.688. The minimum absolute atomic E-state index is 0.135. The van der Waals surface area contributed by atoms with Gasteiger partial charge in [0.15, 0.2) is 0 Å². The topological polar surface area (TPSA) is 64.5 Å². The van der Waals surface area contributed by atoms with E-state index in [4.69, 9.17) is 21.1 Å². The molecule has 0 unspecified atom stereocenters. The van der Waals surface area contributed by atoms with Crippen LogP contribution in [0.5, 0.6) is 5.88 Å². The maximum atomic E-state index is 12.3. The van der Waals surface area contributed by atoms with Crippen LogP contribution >= 0.6 is 11.6 Å². The van der Waals surface area contributed by atoms with E-state index < -0.39 is 5.60 Å². The van der Waals surface area contributed by atoms with Gasteiger partial charge in [0.05, 0.1) is 6.61 Å². The summed E-state index contributed by atoms with van der Waals surface area (Å²) < 4.78 is 11.1. The standard InChI is InChI=1S/C16H24ClN3O3/c1-16(2,3)23-15(21)20-10-5-4-6-12(20)8-11-22-13-7-9-18-14(17)19-13/h7,9,12H,4-6,8,10-11H2,1-3H3/t12-/m1/s1. The minimum atomic E-state index is -0.479. The van der Waals surface area contributed by atoms with Crippen molar-refractivity contribution in [2.75, 3.05) is 13.2 Å². The van der Waals surface area contributed by atoms with Gasteiger partial charge in [0, 0.05) is 31.3 Å². The summed E-state index contributed by atoms with van der Waals surface area (Å²) in [6.07, 6.45) is 5.14. The van der Waals surface area contributed by atoms with Gasteiger partial charge in [0.2, 0.25) is 11.2 Å². The van der Waals surface area contributed by atoms with Crippen LogP contribution < -0.4 is 4.74 Å². The van der Waals surface area contributed by atoms with E-state index in [1.165, 1.54) is 0 Å². The SMILES string of the molecule is CC(C)(C)OC(=O)N1CCCC[C@@H]1CCOc1ccnc(Cl)n1. The Kier molecular flexibility index (Phi) is 6.04. The molecule has 1 aliphatic rings. The minimum Gasteiger partial charge on any atom is -0.477 e. The molecule has 0 spiro atoms. The molecule has 0 saturated carbocycles. The van der Waals surface area contributed by atoms with Crippen LogP contribution in [-0.4, -0.2) is 45.8 Å². The molecule has 128 valence electrons. The Labute approximate surface area is 142 Å². The van der Waals surface area contributed by atoms with Crippen molar-refractivity contribution in [1.29, 1.82) is 0 Å². The first-order chi connectivity index (χ1) is 10.8. The number of aromatic nitrogens is 2. The molecule has 7 heteroatoms. The Morgan fingerprint density at radius 1 is 1.43 bits per heavy atom. The van der Waals surface area contributed by atoms with E-state index in [1.54, 1.807) is 12.3 Å². The van der Waals surface area contributed by atoms with Crippen LogP contribution in [0.3, 0.4) is 0 Å². The third-order valence-electron chi connectivity index (χ3n) is 3.56. The van der Waals surface area contributed by atoms with Gasteiger partial charge in [-0.15, -0.1) is 0 Å². The lowest BCUT2D eigenvalue weighted by atomic mass is 10.0. The summed E-state index contributed by atoms with van der Waals surface area (Å²) >= 11 is 5.73.